The number of hydrogen-bond donors (Lipinski definition) is 2. The average molecular weight is 349 g/mol. The highest BCUT2D eigenvalue weighted by molar-refractivity contribution is 6.34. The van der Waals surface area contributed by atoms with Crippen LogP contribution in [0.1, 0.15) is 23.9 Å². The molecule has 0 unspecified atom stereocenters. The minimum atomic E-state index is -0.392. The Morgan fingerprint density at radius 2 is 2.17 bits per heavy atom. The number of rotatable bonds is 6. The van der Waals surface area contributed by atoms with Gasteiger partial charge in [-0.1, -0.05) is 11.6 Å². The van der Waals surface area contributed by atoms with Crippen LogP contribution in [0.15, 0.2) is 41.0 Å². The Bertz CT molecular complexity index is 745. The minimum Gasteiger partial charge on any atom is -0.459 e. The van der Waals surface area contributed by atoms with Crippen LogP contribution in [0.3, 0.4) is 0 Å². The largest absolute Gasteiger partial charge is 0.459 e. The number of furan rings is 1. The molecule has 6 nitrogen and oxygen atoms in total. The first-order chi connectivity index (χ1) is 11.6. The highest BCUT2D eigenvalue weighted by Gasteiger charge is 2.43. The van der Waals surface area contributed by atoms with Crippen molar-refractivity contribution in [3.8, 4) is 0 Å². The van der Waals surface area contributed by atoms with Crippen molar-refractivity contribution in [2.75, 3.05) is 17.2 Å². The normalized spacial score (nSPS) is 18.9. The summed E-state index contributed by atoms with van der Waals surface area (Å²) in [4.78, 5) is 24.0. The van der Waals surface area contributed by atoms with E-state index in [1.165, 1.54) is 6.26 Å². The first-order valence-corrected chi connectivity index (χ1v) is 8.03. The number of carbonyl (C=O) groups is 2. The lowest BCUT2D eigenvalue weighted by Crippen LogP contribution is -2.17. The van der Waals surface area contributed by atoms with Gasteiger partial charge in [0.25, 0.3) is 5.91 Å². The summed E-state index contributed by atoms with van der Waals surface area (Å²) in [7, 11) is 0. The van der Waals surface area contributed by atoms with Gasteiger partial charge in [0.15, 0.2) is 5.76 Å². The van der Waals surface area contributed by atoms with E-state index in [9.17, 15) is 9.59 Å². The fraction of sp³-hybridized carbons (Fsp3) is 0.294. The molecule has 0 saturated heterocycles. The van der Waals surface area contributed by atoms with E-state index in [2.05, 4.69) is 10.6 Å². The summed E-state index contributed by atoms with van der Waals surface area (Å²) in [5.74, 6) is -0.394. The zero-order chi connectivity index (χ0) is 17.1. The van der Waals surface area contributed by atoms with Crippen molar-refractivity contribution < 1.29 is 18.7 Å². The molecule has 7 heteroatoms. The van der Waals surface area contributed by atoms with Crippen LogP contribution in [0, 0.1) is 5.92 Å². The fourth-order valence-electron chi connectivity index (χ4n) is 2.37. The molecule has 1 aromatic heterocycles. The van der Waals surface area contributed by atoms with Crippen LogP contribution >= 0.6 is 11.6 Å². The van der Waals surface area contributed by atoms with Crippen molar-refractivity contribution in [3.63, 3.8) is 0 Å². The summed E-state index contributed by atoms with van der Waals surface area (Å²) >= 11 is 6.17. The van der Waals surface area contributed by atoms with Gasteiger partial charge in [-0.05, 0) is 43.7 Å². The lowest BCUT2D eigenvalue weighted by molar-refractivity contribution is -0.118. The molecule has 0 spiro atoms. The van der Waals surface area contributed by atoms with Gasteiger partial charge in [0.1, 0.15) is 0 Å². The molecule has 1 aliphatic rings. The third-order valence-electron chi connectivity index (χ3n) is 3.68. The van der Waals surface area contributed by atoms with Gasteiger partial charge in [-0.3, -0.25) is 9.59 Å². The first-order valence-electron chi connectivity index (χ1n) is 7.65. The van der Waals surface area contributed by atoms with Gasteiger partial charge in [-0.25, -0.2) is 0 Å². The van der Waals surface area contributed by atoms with E-state index in [-0.39, 0.29) is 23.7 Å². The monoisotopic (exact) mass is 348 g/mol. The number of benzene rings is 1. The molecule has 0 aliphatic heterocycles. The van der Waals surface area contributed by atoms with Crippen molar-refractivity contribution in [1.82, 2.24) is 0 Å². The zero-order valence-corrected chi connectivity index (χ0v) is 13.8. The average Bonchev–Trinajstić information content (AvgIpc) is 3.10. The molecule has 126 valence electrons. The lowest BCUT2D eigenvalue weighted by Gasteiger charge is -2.09. The summed E-state index contributed by atoms with van der Waals surface area (Å²) in [5, 5.41) is 5.79. The Kier molecular flexibility index (Phi) is 4.87. The van der Waals surface area contributed by atoms with E-state index in [0.29, 0.717) is 23.0 Å². The molecule has 0 bridgehead atoms. The van der Waals surface area contributed by atoms with Gasteiger partial charge in [0.05, 0.1) is 29.0 Å². The Morgan fingerprint density at radius 1 is 1.33 bits per heavy atom. The van der Waals surface area contributed by atoms with Crippen LogP contribution < -0.4 is 10.6 Å². The molecular formula is C17H17ClN2O4. The quantitative estimate of drug-likeness (QED) is 0.836. The number of carbonyl (C=O) groups excluding carboxylic acids is 2. The Balaban J connectivity index is 1.60. The molecule has 2 atom stereocenters. The smallest absolute Gasteiger partial charge is 0.291 e. The molecule has 1 fully saturated rings. The summed E-state index contributed by atoms with van der Waals surface area (Å²) in [6.07, 6.45) is 2.17. The number of halogens is 1. The molecule has 0 radical (unpaired) electrons. The first kappa shape index (κ1) is 16.5. The van der Waals surface area contributed by atoms with Crippen LogP contribution in [0.4, 0.5) is 11.4 Å². The van der Waals surface area contributed by atoms with Gasteiger partial charge in [-0.2, -0.15) is 0 Å². The maximum absolute atomic E-state index is 12.1. The third kappa shape index (κ3) is 3.77. The van der Waals surface area contributed by atoms with Crippen molar-refractivity contribution in [1.29, 1.82) is 0 Å². The second kappa shape index (κ2) is 7.07. The van der Waals surface area contributed by atoms with E-state index in [1.807, 2.05) is 6.92 Å². The topological polar surface area (TPSA) is 80.6 Å². The molecule has 1 aromatic carbocycles. The maximum atomic E-state index is 12.1. The highest BCUT2D eigenvalue weighted by Crippen LogP contribution is 2.35. The van der Waals surface area contributed by atoms with Crippen molar-refractivity contribution in [3.05, 3.63) is 47.4 Å². The number of nitrogens with one attached hydrogen (secondary N) is 2. The standard InChI is InChI=1S/C17H17ClN2O4/c1-2-23-15-9-11(15)16(21)19-10-5-6-13(12(18)8-10)20-17(22)14-4-3-7-24-14/h3-8,11,15H,2,9H2,1H3,(H,19,21)(H,20,22)/t11-,15+/m0/s1. The van der Waals surface area contributed by atoms with Gasteiger partial charge in [0.2, 0.25) is 5.91 Å². The molecule has 2 amide bonds. The van der Waals surface area contributed by atoms with Gasteiger partial charge in [0, 0.05) is 12.3 Å². The van der Waals surface area contributed by atoms with Crippen LogP contribution in [-0.2, 0) is 9.53 Å². The van der Waals surface area contributed by atoms with E-state index in [4.69, 9.17) is 20.8 Å². The molecule has 1 aliphatic carbocycles. The summed E-state index contributed by atoms with van der Waals surface area (Å²) in [5.41, 5.74) is 1.01. The zero-order valence-electron chi connectivity index (χ0n) is 13.0. The molecule has 24 heavy (non-hydrogen) atoms. The number of ether oxygens (including phenoxy) is 1. The molecule has 2 N–H and O–H groups in total. The summed E-state index contributed by atoms with van der Waals surface area (Å²) in [6, 6.07) is 8.09. The van der Waals surface area contributed by atoms with Crippen molar-refractivity contribution >= 4 is 34.8 Å². The van der Waals surface area contributed by atoms with Gasteiger partial charge in [-0.15, -0.1) is 0 Å². The summed E-state index contributed by atoms with van der Waals surface area (Å²) in [6.45, 7) is 2.51. The fourth-order valence-corrected chi connectivity index (χ4v) is 2.59. The van der Waals surface area contributed by atoms with Crippen LogP contribution in [0.25, 0.3) is 0 Å². The summed E-state index contributed by atoms with van der Waals surface area (Å²) < 4.78 is 10.4. The van der Waals surface area contributed by atoms with Gasteiger partial charge >= 0.3 is 0 Å². The second-order valence-corrected chi connectivity index (χ2v) is 5.86. The maximum Gasteiger partial charge on any atom is 0.291 e. The van der Waals surface area contributed by atoms with Crippen LogP contribution in [0.5, 0.6) is 0 Å². The van der Waals surface area contributed by atoms with E-state index in [1.54, 1.807) is 30.3 Å². The second-order valence-electron chi connectivity index (χ2n) is 5.45. The third-order valence-corrected chi connectivity index (χ3v) is 3.99. The van der Waals surface area contributed by atoms with Gasteiger partial charge < -0.3 is 19.8 Å². The molecule has 1 saturated carbocycles. The molecule has 1 heterocycles. The number of amides is 2. The highest BCUT2D eigenvalue weighted by atomic mass is 35.5. The van der Waals surface area contributed by atoms with Crippen LogP contribution in [-0.4, -0.2) is 24.5 Å². The predicted octanol–water partition coefficient (Wildman–Crippen LogP) is 3.55. The predicted molar refractivity (Wildman–Crippen MR) is 90.3 cm³/mol. The van der Waals surface area contributed by atoms with Crippen molar-refractivity contribution in [2.24, 2.45) is 5.92 Å². The minimum absolute atomic E-state index is 0.0114. The molecular weight excluding hydrogens is 332 g/mol. The Hall–Kier alpha value is -2.31. The van der Waals surface area contributed by atoms with E-state index >= 15 is 0 Å². The van der Waals surface area contributed by atoms with Crippen LogP contribution in [0.2, 0.25) is 5.02 Å². The molecule has 2 aromatic rings. The number of hydrogen-bond acceptors (Lipinski definition) is 4. The number of anilines is 2. The van der Waals surface area contributed by atoms with Crippen molar-refractivity contribution in [2.45, 2.75) is 19.4 Å². The van der Waals surface area contributed by atoms with E-state index in [0.717, 1.165) is 6.42 Å². The molecule has 3 rings (SSSR count). The Labute approximate surface area is 144 Å². The Morgan fingerprint density at radius 3 is 2.83 bits per heavy atom. The lowest BCUT2D eigenvalue weighted by atomic mass is 10.2. The SMILES string of the molecule is CCO[C@@H]1C[C@@H]1C(=O)Nc1ccc(NC(=O)c2ccco2)c(Cl)c1. The van der Waals surface area contributed by atoms with E-state index < -0.39 is 5.91 Å².